The summed E-state index contributed by atoms with van der Waals surface area (Å²) in [6.45, 7) is 3.84. The minimum Gasteiger partial charge on any atom is -0.482 e. The van der Waals surface area contributed by atoms with E-state index in [0.29, 0.717) is 28.4 Å². The number of hydrogen-bond donors (Lipinski definition) is 2. The molecule has 0 bridgehead atoms. The van der Waals surface area contributed by atoms with Crippen LogP contribution in [0, 0.1) is 17.1 Å². The molecule has 2 aromatic heterocycles. The van der Waals surface area contributed by atoms with Crippen LogP contribution in [-0.4, -0.2) is 21.8 Å². The van der Waals surface area contributed by atoms with Crippen LogP contribution < -0.4 is 15.8 Å². The van der Waals surface area contributed by atoms with E-state index in [4.69, 9.17) is 10.5 Å². The number of nitrogen functional groups attached to an aromatic ring is 1. The second-order valence-electron chi connectivity index (χ2n) is 6.62. The van der Waals surface area contributed by atoms with Crippen LogP contribution in [-0.2, 0) is 13.5 Å². The number of pyridine rings is 1. The van der Waals surface area contributed by atoms with Gasteiger partial charge < -0.3 is 15.8 Å². The minimum absolute atomic E-state index is 0.212. The first-order valence-electron chi connectivity index (χ1n) is 9.25. The molecule has 0 saturated carbocycles. The average molecular weight is 394 g/mol. The van der Waals surface area contributed by atoms with Gasteiger partial charge in [0, 0.05) is 25.9 Å². The van der Waals surface area contributed by atoms with Gasteiger partial charge in [-0.3, -0.25) is 4.68 Å². The molecule has 3 N–H and O–H groups in total. The third-order valence-corrected chi connectivity index (χ3v) is 4.79. The summed E-state index contributed by atoms with van der Waals surface area (Å²) in [5, 5.41) is 16.8. The SMILES string of the molecule is CCc1ccc(F)cc1[C@@H](C)Oc1cc(-c2c(NC)nn(C)c2C#N)cnc1N. The number of nitrogens with one attached hydrogen (secondary N) is 1. The van der Waals surface area contributed by atoms with E-state index in [-0.39, 0.29) is 11.6 Å². The van der Waals surface area contributed by atoms with E-state index >= 15 is 0 Å². The molecule has 29 heavy (non-hydrogen) atoms. The molecule has 0 amide bonds. The van der Waals surface area contributed by atoms with E-state index in [1.807, 2.05) is 13.8 Å². The fourth-order valence-corrected chi connectivity index (χ4v) is 3.31. The third-order valence-electron chi connectivity index (χ3n) is 4.79. The van der Waals surface area contributed by atoms with Crippen LogP contribution in [0.2, 0.25) is 0 Å². The minimum atomic E-state index is -0.437. The Morgan fingerprint density at radius 3 is 2.79 bits per heavy atom. The molecule has 1 aromatic carbocycles. The molecular weight excluding hydrogens is 371 g/mol. The topological polar surface area (TPSA) is 102 Å². The largest absolute Gasteiger partial charge is 0.482 e. The van der Waals surface area contributed by atoms with Crippen molar-refractivity contribution in [3.05, 3.63) is 53.1 Å². The summed E-state index contributed by atoms with van der Waals surface area (Å²) in [6.07, 6.45) is 1.89. The number of anilines is 2. The lowest BCUT2D eigenvalue weighted by Crippen LogP contribution is -2.09. The van der Waals surface area contributed by atoms with E-state index in [1.165, 1.54) is 16.8 Å². The Hall–Kier alpha value is -3.60. The van der Waals surface area contributed by atoms with Crippen LogP contribution in [0.5, 0.6) is 5.75 Å². The van der Waals surface area contributed by atoms with Gasteiger partial charge in [0.05, 0.1) is 5.56 Å². The predicted octanol–water partition coefficient (Wildman–Crippen LogP) is 3.82. The zero-order valence-corrected chi connectivity index (χ0v) is 16.8. The molecule has 0 saturated heterocycles. The van der Waals surface area contributed by atoms with E-state index in [0.717, 1.165) is 17.5 Å². The van der Waals surface area contributed by atoms with E-state index < -0.39 is 6.10 Å². The number of hydrogen-bond acceptors (Lipinski definition) is 6. The first kappa shape index (κ1) is 20.1. The maximum absolute atomic E-state index is 13.8. The van der Waals surface area contributed by atoms with E-state index in [2.05, 4.69) is 21.5 Å². The van der Waals surface area contributed by atoms with Gasteiger partial charge in [0.25, 0.3) is 0 Å². The Bertz CT molecular complexity index is 1090. The first-order valence-corrected chi connectivity index (χ1v) is 9.25. The lowest BCUT2D eigenvalue weighted by atomic mass is 10.0. The Balaban J connectivity index is 2.02. The van der Waals surface area contributed by atoms with Crippen LogP contribution in [0.25, 0.3) is 11.1 Å². The van der Waals surface area contributed by atoms with Crippen molar-refractivity contribution in [3.63, 3.8) is 0 Å². The van der Waals surface area contributed by atoms with Crippen LogP contribution >= 0.6 is 0 Å². The fourth-order valence-electron chi connectivity index (χ4n) is 3.31. The molecule has 0 aliphatic rings. The molecule has 0 radical (unpaired) electrons. The summed E-state index contributed by atoms with van der Waals surface area (Å²) < 4.78 is 21.3. The zero-order valence-electron chi connectivity index (χ0n) is 16.8. The number of nitrogens with zero attached hydrogens (tertiary/aromatic N) is 4. The Morgan fingerprint density at radius 1 is 1.38 bits per heavy atom. The molecule has 0 spiro atoms. The lowest BCUT2D eigenvalue weighted by molar-refractivity contribution is 0.226. The van der Waals surface area contributed by atoms with Crippen molar-refractivity contribution in [1.82, 2.24) is 14.8 Å². The third kappa shape index (κ3) is 3.85. The molecule has 0 aliphatic carbocycles. The van der Waals surface area contributed by atoms with Crippen LogP contribution in [0.3, 0.4) is 0 Å². The van der Waals surface area contributed by atoms with Gasteiger partial charge in [-0.15, -0.1) is 0 Å². The lowest BCUT2D eigenvalue weighted by Gasteiger charge is -2.19. The fraction of sp³-hybridized carbons (Fsp3) is 0.286. The normalized spacial score (nSPS) is 11.7. The highest BCUT2D eigenvalue weighted by Crippen LogP contribution is 2.35. The quantitative estimate of drug-likeness (QED) is 0.659. The standard InChI is InChI=1S/C21H23FN6O/c1-5-13-6-7-15(22)9-16(13)12(2)29-18-8-14(11-26-20(18)24)19-17(10-23)28(4)27-21(19)25-3/h6-9,11-12H,5H2,1-4H3,(H2,24,26)(H,25,27)/t12-/m1/s1. The molecule has 3 rings (SSSR count). The highest BCUT2D eigenvalue weighted by molar-refractivity contribution is 5.81. The van der Waals surface area contributed by atoms with Gasteiger partial charge in [0.1, 0.15) is 23.7 Å². The van der Waals surface area contributed by atoms with Gasteiger partial charge in [-0.25, -0.2) is 9.37 Å². The number of nitrogens with two attached hydrogens (primary N) is 1. The van der Waals surface area contributed by atoms with Crippen molar-refractivity contribution in [2.45, 2.75) is 26.4 Å². The van der Waals surface area contributed by atoms with Crippen molar-refractivity contribution in [2.75, 3.05) is 18.1 Å². The van der Waals surface area contributed by atoms with Crippen molar-refractivity contribution in [2.24, 2.45) is 7.05 Å². The number of rotatable bonds is 6. The molecule has 7 nitrogen and oxygen atoms in total. The molecule has 0 aliphatic heterocycles. The summed E-state index contributed by atoms with van der Waals surface area (Å²) in [7, 11) is 3.43. The summed E-state index contributed by atoms with van der Waals surface area (Å²) in [5.41, 5.74) is 9.43. The van der Waals surface area contributed by atoms with Gasteiger partial charge in [0.15, 0.2) is 17.4 Å². The number of halogens is 1. The van der Waals surface area contributed by atoms with Crippen molar-refractivity contribution >= 4 is 11.6 Å². The van der Waals surface area contributed by atoms with Gasteiger partial charge in [-0.1, -0.05) is 13.0 Å². The predicted molar refractivity (Wildman–Crippen MR) is 110 cm³/mol. The molecule has 150 valence electrons. The number of ether oxygens (including phenoxy) is 1. The smallest absolute Gasteiger partial charge is 0.166 e. The van der Waals surface area contributed by atoms with Crippen LogP contribution in [0.1, 0.15) is 36.8 Å². The van der Waals surface area contributed by atoms with E-state index in [9.17, 15) is 9.65 Å². The first-order chi connectivity index (χ1) is 13.9. The summed E-state index contributed by atoms with van der Waals surface area (Å²) in [6, 6.07) is 8.56. The molecular formula is C21H23FN6O. The van der Waals surface area contributed by atoms with Crippen molar-refractivity contribution in [3.8, 4) is 22.9 Å². The van der Waals surface area contributed by atoms with Gasteiger partial charge in [0.2, 0.25) is 0 Å². The highest BCUT2D eigenvalue weighted by atomic mass is 19.1. The molecule has 0 fully saturated rings. The van der Waals surface area contributed by atoms with Crippen LogP contribution in [0.4, 0.5) is 16.0 Å². The maximum Gasteiger partial charge on any atom is 0.166 e. The zero-order chi connectivity index (χ0) is 21.1. The number of nitriles is 1. The average Bonchev–Trinajstić information content (AvgIpc) is 3.04. The van der Waals surface area contributed by atoms with E-state index in [1.54, 1.807) is 32.4 Å². The Morgan fingerprint density at radius 2 is 2.14 bits per heavy atom. The summed E-state index contributed by atoms with van der Waals surface area (Å²) in [4.78, 5) is 4.23. The Labute approximate surface area is 168 Å². The maximum atomic E-state index is 13.8. The molecule has 0 unspecified atom stereocenters. The van der Waals surface area contributed by atoms with Gasteiger partial charge in [-0.05, 0) is 42.7 Å². The monoisotopic (exact) mass is 394 g/mol. The highest BCUT2D eigenvalue weighted by Gasteiger charge is 2.20. The number of aromatic nitrogens is 3. The summed E-state index contributed by atoms with van der Waals surface area (Å²) in [5.74, 6) is 0.799. The molecule has 2 heterocycles. The second-order valence-corrected chi connectivity index (χ2v) is 6.62. The second kappa shape index (κ2) is 8.19. The number of benzene rings is 1. The van der Waals surface area contributed by atoms with Gasteiger partial charge >= 0.3 is 0 Å². The van der Waals surface area contributed by atoms with Crippen molar-refractivity contribution in [1.29, 1.82) is 5.26 Å². The number of aryl methyl sites for hydroxylation is 2. The molecule has 3 aromatic rings. The van der Waals surface area contributed by atoms with Crippen LogP contribution in [0.15, 0.2) is 30.5 Å². The molecule has 1 atom stereocenters. The van der Waals surface area contributed by atoms with Crippen molar-refractivity contribution < 1.29 is 9.13 Å². The summed E-state index contributed by atoms with van der Waals surface area (Å²) >= 11 is 0. The van der Waals surface area contributed by atoms with Gasteiger partial charge in [-0.2, -0.15) is 10.4 Å². The Kier molecular flexibility index (Phi) is 5.69. The molecule has 8 heteroatoms.